The summed E-state index contributed by atoms with van der Waals surface area (Å²) in [5.74, 6) is 0.0370. The van der Waals surface area contributed by atoms with Crippen molar-refractivity contribution >= 4 is 33.8 Å². The van der Waals surface area contributed by atoms with Gasteiger partial charge in [0, 0.05) is 42.0 Å². The lowest BCUT2D eigenvalue weighted by Gasteiger charge is -2.27. The van der Waals surface area contributed by atoms with Gasteiger partial charge in [0.15, 0.2) is 0 Å². The van der Waals surface area contributed by atoms with Crippen LogP contribution in [0.4, 0.5) is 24.8 Å². The number of aromatic nitrogens is 4. The second-order valence-corrected chi connectivity index (χ2v) is 8.89. The Morgan fingerprint density at radius 3 is 2.72 bits per heavy atom. The van der Waals surface area contributed by atoms with Crippen LogP contribution in [0.5, 0.6) is 0 Å². The molecule has 4 rings (SSSR count). The number of nitrogens with zero attached hydrogens (tertiary/aromatic N) is 4. The average Bonchev–Trinajstić information content (AvgIpc) is 3.20. The number of rotatable bonds is 5. The smallest absolute Gasteiger partial charge is 0.321 e. The molecule has 1 unspecified atom stereocenters. The topological polar surface area (TPSA) is 84.7 Å². The quantitative estimate of drug-likeness (QED) is 0.631. The molecule has 7 nitrogen and oxygen atoms in total. The van der Waals surface area contributed by atoms with Gasteiger partial charge >= 0.3 is 6.18 Å². The highest BCUT2D eigenvalue weighted by molar-refractivity contribution is 7.84. The third-order valence-electron chi connectivity index (χ3n) is 4.53. The summed E-state index contributed by atoms with van der Waals surface area (Å²) in [5.41, 5.74) is 0.141. The zero-order chi connectivity index (χ0) is 20.8. The van der Waals surface area contributed by atoms with Gasteiger partial charge in [0.2, 0.25) is 5.95 Å². The molecule has 3 aromatic heterocycles. The van der Waals surface area contributed by atoms with Crippen LogP contribution in [0.25, 0.3) is 10.6 Å². The van der Waals surface area contributed by atoms with Crippen molar-refractivity contribution in [3.8, 4) is 10.6 Å². The Labute approximate surface area is 170 Å². The molecule has 1 saturated heterocycles. The Bertz CT molecular complexity index is 1070. The molecule has 29 heavy (non-hydrogen) atoms. The van der Waals surface area contributed by atoms with E-state index in [-0.39, 0.29) is 22.6 Å². The molecule has 0 saturated carbocycles. The second kappa shape index (κ2) is 7.50. The second-order valence-electron chi connectivity index (χ2n) is 6.60. The molecule has 154 valence electrons. The van der Waals surface area contributed by atoms with Crippen LogP contribution in [-0.4, -0.2) is 43.3 Å². The van der Waals surface area contributed by atoms with E-state index < -0.39 is 22.5 Å². The van der Waals surface area contributed by atoms with Crippen molar-refractivity contribution in [1.29, 1.82) is 0 Å². The third-order valence-corrected chi connectivity index (χ3v) is 6.52. The maximum atomic E-state index is 13.5. The molecular weight excluding hydrogens is 425 g/mol. The number of hydrogen-bond donors (Lipinski definition) is 2. The minimum absolute atomic E-state index is 0.0370. The minimum Gasteiger partial charge on any atom is -0.321 e. The Morgan fingerprint density at radius 2 is 2.14 bits per heavy atom. The molecular formula is C17H17F3N6OS2. The zero-order valence-electron chi connectivity index (χ0n) is 15.4. The molecule has 0 aromatic carbocycles. The van der Waals surface area contributed by atoms with Crippen molar-refractivity contribution in [2.75, 3.05) is 24.7 Å². The van der Waals surface area contributed by atoms with Crippen molar-refractivity contribution in [3.05, 3.63) is 35.1 Å². The molecule has 3 aromatic rings. The zero-order valence-corrected chi connectivity index (χ0v) is 17.1. The fourth-order valence-electron chi connectivity index (χ4n) is 2.80. The first-order valence-corrected chi connectivity index (χ1v) is 11.1. The number of alkyl halides is 3. The molecule has 1 atom stereocenters. The molecule has 12 heteroatoms. The summed E-state index contributed by atoms with van der Waals surface area (Å²) in [4.78, 5) is 8.71. The van der Waals surface area contributed by atoms with Crippen LogP contribution in [-0.2, 0) is 17.0 Å². The highest BCUT2D eigenvalue weighted by atomic mass is 32.2. The van der Waals surface area contributed by atoms with Crippen LogP contribution in [0.2, 0.25) is 0 Å². The Morgan fingerprint density at radius 1 is 1.38 bits per heavy atom. The van der Waals surface area contributed by atoms with E-state index in [4.69, 9.17) is 0 Å². The first-order chi connectivity index (χ1) is 13.7. The van der Waals surface area contributed by atoms with Gasteiger partial charge < -0.3 is 10.6 Å². The van der Waals surface area contributed by atoms with Gasteiger partial charge in [-0.1, -0.05) is 0 Å². The van der Waals surface area contributed by atoms with Crippen LogP contribution in [0.1, 0.15) is 17.3 Å². The van der Waals surface area contributed by atoms with Crippen LogP contribution >= 0.6 is 11.3 Å². The van der Waals surface area contributed by atoms with Gasteiger partial charge in [-0.15, -0.1) is 11.3 Å². The fraction of sp³-hybridized carbons (Fsp3) is 0.353. The minimum atomic E-state index is -4.61. The number of halogens is 3. The maximum absolute atomic E-state index is 13.5. The van der Waals surface area contributed by atoms with E-state index in [0.717, 1.165) is 30.6 Å². The Hall–Kier alpha value is -2.31. The fourth-order valence-corrected chi connectivity index (χ4v) is 4.62. The molecule has 1 aliphatic heterocycles. The summed E-state index contributed by atoms with van der Waals surface area (Å²) < 4.78 is 53.9. The lowest BCUT2D eigenvalue weighted by atomic mass is 10.2. The largest absolute Gasteiger partial charge is 0.420 e. The lowest BCUT2D eigenvalue weighted by molar-refractivity contribution is -0.137. The number of aryl methyl sites for hydroxylation is 1. The Balaban J connectivity index is 1.70. The molecule has 0 radical (unpaired) electrons. The normalized spacial score (nSPS) is 15.9. The summed E-state index contributed by atoms with van der Waals surface area (Å²) in [6.45, 7) is 3.44. The van der Waals surface area contributed by atoms with Gasteiger partial charge in [-0.25, -0.2) is 9.97 Å². The highest BCUT2D eigenvalue weighted by Crippen LogP contribution is 2.39. The average molecular weight is 442 g/mol. The monoisotopic (exact) mass is 442 g/mol. The van der Waals surface area contributed by atoms with Crippen LogP contribution in [0.3, 0.4) is 0 Å². The third kappa shape index (κ3) is 4.05. The summed E-state index contributed by atoms with van der Waals surface area (Å²) in [6, 6.07) is 1.72. The molecule has 0 amide bonds. The molecule has 2 N–H and O–H groups in total. The van der Waals surface area contributed by atoms with Crippen molar-refractivity contribution in [1.82, 2.24) is 25.1 Å². The van der Waals surface area contributed by atoms with Gasteiger partial charge in [0.05, 0.1) is 38.8 Å². The summed E-state index contributed by atoms with van der Waals surface area (Å²) >= 11 is 1.06. The van der Waals surface area contributed by atoms with Crippen molar-refractivity contribution in [2.24, 2.45) is 0 Å². The molecule has 1 aliphatic rings. The van der Waals surface area contributed by atoms with Crippen molar-refractivity contribution < 1.29 is 17.4 Å². The van der Waals surface area contributed by atoms with E-state index in [1.54, 1.807) is 18.5 Å². The molecule has 4 heterocycles. The van der Waals surface area contributed by atoms with Crippen LogP contribution < -0.4 is 10.6 Å². The Kier molecular flexibility index (Phi) is 5.17. The predicted octanol–water partition coefficient (Wildman–Crippen LogP) is 3.35. The number of hydrogen-bond acceptors (Lipinski definition) is 7. The van der Waals surface area contributed by atoms with Gasteiger partial charge in [-0.05, 0) is 13.0 Å². The molecule has 0 aliphatic carbocycles. The first kappa shape index (κ1) is 20.0. The first-order valence-electron chi connectivity index (χ1n) is 8.62. The van der Waals surface area contributed by atoms with Crippen molar-refractivity contribution in [3.63, 3.8) is 0 Å². The highest BCUT2D eigenvalue weighted by Gasteiger charge is 2.36. The van der Waals surface area contributed by atoms with Crippen LogP contribution in [0, 0.1) is 6.92 Å². The van der Waals surface area contributed by atoms with E-state index in [1.165, 1.54) is 12.3 Å². The number of anilines is 2. The van der Waals surface area contributed by atoms with Gasteiger partial charge in [-0.3, -0.25) is 8.89 Å². The maximum Gasteiger partial charge on any atom is 0.420 e. The van der Waals surface area contributed by atoms with E-state index in [1.807, 2.05) is 4.68 Å². The molecule has 0 bridgehead atoms. The SMILES string of the molecule is Cc1nn(C2CNC2)cc1Nc1ncc(C(F)(F)F)c(-c2cc(S(C)=O)cs2)n1. The van der Waals surface area contributed by atoms with Crippen molar-refractivity contribution in [2.45, 2.75) is 24.0 Å². The lowest BCUT2D eigenvalue weighted by Crippen LogP contribution is -2.43. The number of thiophene rings is 1. The van der Waals surface area contributed by atoms with E-state index in [0.29, 0.717) is 16.3 Å². The van der Waals surface area contributed by atoms with Gasteiger partial charge in [-0.2, -0.15) is 18.3 Å². The van der Waals surface area contributed by atoms with E-state index in [9.17, 15) is 17.4 Å². The van der Waals surface area contributed by atoms with Crippen LogP contribution in [0.15, 0.2) is 28.7 Å². The molecule has 1 fully saturated rings. The summed E-state index contributed by atoms with van der Waals surface area (Å²) in [7, 11) is -1.29. The molecule has 0 spiro atoms. The standard InChI is InChI=1S/C17H17F3N6OS2/c1-9-13(7-26(25-9)10-4-21-5-10)23-16-22-6-12(17(18,19)20)15(24-16)14-3-11(8-28-14)29(2)27/h3,6-8,10,21H,4-5H2,1-2H3,(H,22,23,24). The van der Waals surface area contributed by atoms with E-state index >= 15 is 0 Å². The summed E-state index contributed by atoms with van der Waals surface area (Å²) in [5, 5.41) is 12.1. The van der Waals surface area contributed by atoms with Gasteiger partial charge in [0.1, 0.15) is 5.56 Å². The van der Waals surface area contributed by atoms with E-state index in [2.05, 4.69) is 25.7 Å². The number of nitrogens with one attached hydrogen (secondary N) is 2. The summed E-state index contributed by atoms with van der Waals surface area (Å²) in [6.07, 6.45) is -0.573. The predicted molar refractivity (Wildman–Crippen MR) is 105 cm³/mol. The van der Waals surface area contributed by atoms with Gasteiger partial charge in [0.25, 0.3) is 0 Å².